The number of hydrogen-bond acceptors (Lipinski definition) is 5. The second-order valence-electron chi connectivity index (χ2n) is 7.22. The van der Waals surface area contributed by atoms with Gasteiger partial charge in [-0.3, -0.25) is 14.4 Å². The smallest absolute Gasteiger partial charge is 0.410 e. The molecule has 7 heteroatoms. The number of ether oxygens (including phenoxy) is 1. The molecule has 0 unspecified atom stereocenters. The molecule has 0 spiro atoms. The van der Waals surface area contributed by atoms with Gasteiger partial charge in [0, 0.05) is 6.54 Å². The molecule has 1 saturated heterocycles. The van der Waals surface area contributed by atoms with Crippen molar-refractivity contribution in [2.75, 3.05) is 13.2 Å². The van der Waals surface area contributed by atoms with Crippen molar-refractivity contribution in [2.45, 2.75) is 45.3 Å². The van der Waals surface area contributed by atoms with Crippen LogP contribution in [0.25, 0.3) is 0 Å². The van der Waals surface area contributed by atoms with Crippen LogP contribution in [0.15, 0.2) is 24.3 Å². The van der Waals surface area contributed by atoms with Gasteiger partial charge in [-0.1, -0.05) is 12.1 Å². The van der Waals surface area contributed by atoms with E-state index in [-0.39, 0.29) is 12.6 Å². The zero-order chi connectivity index (χ0) is 18.2. The van der Waals surface area contributed by atoms with Crippen molar-refractivity contribution in [3.63, 3.8) is 0 Å². The molecule has 7 nitrogen and oxygen atoms in total. The molecule has 3 rings (SSSR count). The fraction of sp³-hybridized carbons (Fsp3) is 0.500. The topological polar surface area (TPSA) is 76.2 Å². The molecule has 0 saturated carbocycles. The largest absolute Gasteiger partial charge is 0.444 e. The first kappa shape index (κ1) is 17.4. The molecule has 0 N–H and O–H groups in total. The predicted octanol–water partition coefficient (Wildman–Crippen LogP) is 2.61. The second-order valence-corrected chi connectivity index (χ2v) is 7.22. The Morgan fingerprint density at radius 1 is 1.16 bits per heavy atom. The Hall–Kier alpha value is -2.41. The minimum absolute atomic E-state index is 0.0741. The molecule has 0 bridgehead atoms. The second kappa shape index (κ2) is 6.48. The van der Waals surface area contributed by atoms with E-state index in [9.17, 15) is 14.4 Å². The highest BCUT2D eigenvalue weighted by Gasteiger charge is 2.38. The number of hydroxylamine groups is 2. The molecule has 2 heterocycles. The van der Waals surface area contributed by atoms with Crippen molar-refractivity contribution in [3.05, 3.63) is 35.4 Å². The maximum Gasteiger partial charge on any atom is 0.410 e. The Balaban J connectivity index is 1.63. The third-order valence-corrected chi connectivity index (χ3v) is 4.16. The van der Waals surface area contributed by atoms with Crippen molar-refractivity contribution in [1.82, 2.24) is 9.96 Å². The highest BCUT2D eigenvalue weighted by molar-refractivity contribution is 6.20. The predicted molar refractivity (Wildman–Crippen MR) is 88.9 cm³/mol. The molecule has 2 aliphatic heterocycles. The minimum atomic E-state index is -0.576. The van der Waals surface area contributed by atoms with Crippen LogP contribution in [0.1, 0.15) is 54.3 Å². The Morgan fingerprint density at radius 2 is 1.76 bits per heavy atom. The summed E-state index contributed by atoms with van der Waals surface area (Å²) in [6, 6.07) is 6.38. The number of carbonyl (C=O) groups excluding carboxylic acids is 3. The van der Waals surface area contributed by atoms with E-state index in [0.29, 0.717) is 17.7 Å². The third-order valence-electron chi connectivity index (χ3n) is 4.16. The number of fused-ring (bicyclic) bond motifs is 1. The normalized spacial score (nSPS) is 20.2. The number of hydrogen-bond donors (Lipinski definition) is 0. The summed E-state index contributed by atoms with van der Waals surface area (Å²) in [6.45, 7) is 6.08. The van der Waals surface area contributed by atoms with Crippen molar-refractivity contribution >= 4 is 17.9 Å². The Labute approximate surface area is 146 Å². The average Bonchev–Trinajstić information content (AvgIpc) is 3.09. The van der Waals surface area contributed by atoms with Gasteiger partial charge in [-0.15, -0.1) is 5.06 Å². The van der Waals surface area contributed by atoms with Crippen molar-refractivity contribution in [3.8, 4) is 0 Å². The summed E-state index contributed by atoms with van der Waals surface area (Å²) in [7, 11) is 0. The van der Waals surface area contributed by atoms with Crippen LogP contribution in [-0.4, -0.2) is 52.7 Å². The number of likely N-dealkylation sites (tertiary alicyclic amines) is 1. The first-order valence-corrected chi connectivity index (χ1v) is 8.38. The molecule has 2 aliphatic rings. The monoisotopic (exact) mass is 346 g/mol. The number of rotatable bonds is 3. The van der Waals surface area contributed by atoms with Crippen molar-refractivity contribution < 1.29 is 24.0 Å². The van der Waals surface area contributed by atoms with Gasteiger partial charge in [-0.05, 0) is 45.7 Å². The van der Waals surface area contributed by atoms with Gasteiger partial charge in [-0.25, -0.2) is 4.79 Å². The van der Waals surface area contributed by atoms with Gasteiger partial charge < -0.3 is 9.64 Å². The summed E-state index contributed by atoms with van der Waals surface area (Å²) in [5.41, 5.74) is 0.0963. The molecule has 1 aromatic carbocycles. The lowest BCUT2D eigenvalue weighted by atomic mass is 10.1. The summed E-state index contributed by atoms with van der Waals surface area (Å²) in [4.78, 5) is 43.9. The standard InChI is InChI=1S/C18H22N2O5/c1-18(2,3)25-17(23)19-10-6-7-12(19)11-24-20-15(21)13-8-4-5-9-14(13)16(20)22/h4-5,8-9,12H,6-7,10-11H2,1-3H3/t12-/m1/s1. The first-order chi connectivity index (χ1) is 11.8. The van der Waals surface area contributed by atoms with E-state index >= 15 is 0 Å². The Kier molecular flexibility index (Phi) is 4.51. The van der Waals surface area contributed by atoms with Gasteiger partial charge in [0.15, 0.2) is 0 Å². The maximum absolute atomic E-state index is 12.3. The zero-order valence-corrected chi connectivity index (χ0v) is 14.7. The van der Waals surface area contributed by atoms with Gasteiger partial charge in [0.1, 0.15) is 5.60 Å². The quantitative estimate of drug-likeness (QED) is 0.787. The first-order valence-electron chi connectivity index (χ1n) is 8.38. The van der Waals surface area contributed by atoms with Crippen molar-refractivity contribution in [2.24, 2.45) is 0 Å². The number of benzene rings is 1. The van der Waals surface area contributed by atoms with E-state index in [1.54, 1.807) is 29.2 Å². The van der Waals surface area contributed by atoms with Gasteiger partial charge in [0.2, 0.25) is 0 Å². The van der Waals surface area contributed by atoms with E-state index in [4.69, 9.17) is 9.57 Å². The van der Waals surface area contributed by atoms with E-state index in [1.165, 1.54) is 0 Å². The number of imide groups is 1. The van der Waals surface area contributed by atoms with Crippen LogP contribution < -0.4 is 0 Å². The van der Waals surface area contributed by atoms with Crippen LogP contribution in [0.4, 0.5) is 4.79 Å². The summed E-state index contributed by atoms with van der Waals surface area (Å²) in [6.07, 6.45) is 1.17. The van der Waals surface area contributed by atoms with Gasteiger partial charge in [0.05, 0.1) is 23.8 Å². The maximum atomic E-state index is 12.3. The summed E-state index contributed by atoms with van der Waals surface area (Å²) < 4.78 is 5.40. The van der Waals surface area contributed by atoms with Gasteiger partial charge in [0.25, 0.3) is 11.8 Å². The van der Waals surface area contributed by atoms with E-state index in [2.05, 4.69) is 0 Å². The van der Waals surface area contributed by atoms with Crippen LogP contribution >= 0.6 is 0 Å². The minimum Gasteiger partial charge on any atom is -0.444 e. The van der Waals surface area contributed by atoms with E-state index < -0.39 is 23.5 Å². The summed E-state index contributed by atoms with van der Waals surface area (Å²) >= 11 is 0. The van der Waals surface area contributed by atoms with Crippen LogP contribution in [0.5, 0.6) is 0 Å². The lowest BCUT2D eigenvalue weighted by Gasteiger charge is -2.29. The molecule has 1 fully saturated rings. The molecule has 25 heavy (non-hydrogen) atoms. The molecule has 0 aliphatic carbocycles. The molecule has 3 amide bonds. The van der Waals surface area contributed by atoms with Gasteiger partial charge >= 0.3 is 6.09 Å². The fourth-order valence-electron chi connectivity index (χ4n) is 3.01. The number of nitrogens with zero attached hydrogens (tertiary/aromatic N) is 2. The van der Waals surface area contributed by atoms with Crippen LogP contribution in [0.2, 0.25) is 0 Å². The molecule has 0 aromatic heterocycles. The van der Waals surface area contributed by atoms with E-state index in [1.807, 2.05) is 20.8 Å². The highest BCUT2D eigenvalue weighted by atomic mass is 16.7. The van der Waals surface area contributed by atoms with Crippen LogP contribution in [-0.2, 0) is 9.57 Å². The fourth-order valence-corrected chi connectivity index (χ4v) is 3.01. The molecular weight excluding hydrogens is 324 g/mol. The highest BCUT2D eigenvalue weighted by Crippen LogP contribution is 2.25. The Bertz CT molecular complexity index is 675. The van der Waals surface area contributed by atoms with Crippen LogP contribution in [0, 0.1) is 0 Å². The summed E-state index contributed by atoms with van der Waals surface area (Å²) in [5.74, 6) is -0.940. The number of carbonyl (C=O) groups is 3. The van der Waals surface area contributed by atoms with E-state index in [0.717, 1.165) is 17.9 Å². The molecule has 1 aromatic rings. The van der Waals surface area contributed by atoms with Crippen molar-refractivity contribution in [1.29, 1.82) is 0 Å². The molecular formula is C18H22N2O5. The lowest BCUT2D eigenvalue weighted by Crippen LogP contribution is -2.43. The van der Waals surface area contributed by atoms with Gasteiger partial charge in [-0.2, -0.15) is 0 Å². The Morgan fingerprint density at radius 3 is 2.32 bits per heavy atom. The average molecular weight is 346 g/mol. The lowest BCUT2D eigenvalue weighted by molar-refractivity contribution is -0.104. The zero-order valence-electron chi connectivity index (χ0n) is 14.7. The third kappa shape index (κ3) is 3.51. The molecule has 134 valence electrons. The summed E-state index contributed by atoms with van der Waals surface area (Å²) in [5, 5.41) is 0.788. The molecule has 0 radical (unpaired) electrons. The molecule has 1 atom stereocenters. The number of amides is 3. The SMILES string of the molecule is CC(C)(C)OC(=O)N1CCC[C@@H]1CON1C(=O)c2ccccc2C1=O. The van der Waals surface area contributed by atoms with Crippen LogP contribution in [0.3, 0.4) is 0 Å².